The number of fused-ring (bicyclic) bond motifs is 1. The summed E-state index contributed by atoms with van der Waals surface area (Å²) in [5.41, 5.74) is 1.59. The third kappa shape index (κ3) is 3.67. The predicted molar refractivity (Wildman–Crippen MR) is 91.8 cm³/mol. The Balaban J connectivity index is 2.39. The number of rotatable bonds is 4. The molecule has 0 saturated heterocycles. The Morgan fingerprint density at radius 3 is 2.77 bits per heavy atom. The molecule has 4 nitrogen and oxygen atoms in total. The minimum Gasteiger partial charge on any atom is -0.598 e. The lowest BCUT2D eigenvalue weighted by Crippen LogP contribution is -2.51. The maximum Gasteiger partial charge on any atom is 0.307 e. The van der Waals surface area contributed by atoms with Gasteiger partial charge in [-0.3, -0.25) is 4.79 Å². The molecule has 1 unspecified atom stereocenters. The molecule has 2 atom stereocenters. The van der Waals surface area contributed by atoms with Crippen LogP contribution in [-0.4, -0.2) is 22.4 Å². The van der Waals surface area contributed by atoms with Gasteiger partial charge in [0.15, 0.2) is 0 Å². The summed E-state index contributed by atoms with van der Waals surface area (Å²) in [5.74, 6) is -0.297. The lowest BCUT2D eigenvalue weighted by molar-refractivity contribution is -0.142. The number of halogens is 1. The number of benzene rings is 1. The van der Waals surface area contributed by atoms with Crippen molar-refractivity contribution in [2.45, 2.75) is 50.3 Å². The molecule has 1 aromatic rings. The van der Waals surface area contributed by atoms with E-state index in [0.29, 0.717) is 0 Å². The van der Waals surface area contributed by atoms with Gasteiger partial charge in [-0.25, -0.2) is 0 Å². The molecule has 1 aromatic carbocycles. The van der Waals surface area contributed by atoms with Crippen LogP contribution in [0.2, 0.25) is 0 Å². The third-order valence-corrected chi connectivity index (χ3v) is 6.10. The Hall–Kier alpha value is -0.560. The van der Waals surface area contributed by atoms with E-state index in [2.05, 4.69) is 26.7 Å². The molecule has 0 amide bonds. The summed E-state index contributed by atoms with van der Waals surface area (Å²) in [7, 11) is 1.38. The van der Waals surface area contributed by atoms with Crippen LogP contribution in [0.4, 0.5) is 0 Å². The van der Waals surface area contributed by atoms with Crippen LogP contribution in [0.5, 0.6) is 0 Å². The summed E-state index contributed by atoms with van der Waals surface area (Å²) in [6, 6.07) is 6.02. The van der Waals surface area contributed by atoms with E-state index in [1.165, 1.54) is 12.7 Å². The van der Waals surface area contributed by atoms with Crippen LogP contribution in [-0.2, 0) is 32.9 Å². The molecule has 22 heavy (non-hydrogen) atoms. The third-order valence-electron chi connectivity index (χ3n) is 3.92. The van der Waals surface area contributed by atoms with Crippen molar-refractivity contribution in [3.63, 3.8) is 0 Å². The van der Waals surface area contributed by atoms with Crippen molar-refractivity contribution in [2.75, 3.05) is 7.11 Å². The molecule has 0 spiro atoms. The van der Waals surface area contributed by atoms with Crippen molar-refractivity contribution in [3.05, 3.63) is 33.8 Å². The highest BCUT2D eigenvalue weighted by molar-refractivity contribution is 9.10. The molecule has 0 aliphatic heterocycles. The highest BCUT2D eigenvalue weighted by Crippen LogP contribution is 2.42. The van der Waals surface area contributed by atoms with Crippen LogP contribution in [0, 0.1) is 0 Å². The molecule has 0 saturated carbocycles. The number of hydrogen-bond acceptors (Lipinski definition) is 4. The van der Waals surface area contributed by atoms with E-state index in [-0.39, 0.29) is 12.4 Å². The first-order chi connectivity index (χ1) is 10.2. The fraction of sp³-hybridized carbons (Fsp3) is 0.562. The van der Waals surface area contributed by atoms with E-state index in [1.54, 1.807) is 0 Å². The van der Waals surface area contributed by atoms with Crippen molar-refractivity contribution >= 4 is 33.3 Å². The van der Waals surface area contributed by atoms with Crippen molar-refractivity contribution in [2.24, 2.45) is 0 Å². The topological polar surface area (TPSA) is 61.4 Å². The van der Waals surface area contributed by atoms with E-state index in [0.717, 1.165) is 22.9 Å². The Labute approximate surface area is 143 Å². The summed E-state index contributed by atoms with van der Waals surface area (Å²) in [4.78, 5) is 11.9. The van der Waals surface area contributed by atoms with Gasteiger partial charge >= 0.3 is 5.97 Å². The van der Waals surface area contributed by atoms with Gasteiger partial charge in [-0.2, -0.15) is 0 Å². The largest absolute Gasteiger partial charge is 0.598 e. The number of nitrogens with one attached hydrogen (secondary N) is 1. The highest BCUT2D eigenvalue weighted by atomic mass is 79.9. The molecule has 0 aromatic heterocycles. The van der Waals surface area contributed by atoms with Gasteiger partial charge in [-0.15, -0.1) is 4.72 Å². The number of ether oxygens (including phenoxy) is 1. The van der Waals surface area contributed by atoms with Crippen molar-refractivity contribution in [1.82, 2.24) is 4.72 Å². The summed E-state index contributed by atoms with van der Waals surface area (Å²) < 4.78 is 21.3. The van der Waals surface area contributed by atoms with Gasteiger partial charge in [0.25, 0.3) is 0 Å². The predicted octanol–water partition coefficient (Wildman–Crippen LogP) is 3.21. The lowest BCUT2D eigenvalue weighted by atomic mass is 9.89. The number of hydrogen-bond donors (Lipinski definition) is 1. The van der Waals surface area contributed by atoms with Crippen molar-refractivity contribution in [3.8, 4) is 0 Å². The summed E-state index contributed by atoms with van der Waals surface area (Å²) in [6.45, 7) is 5.75. The highest BCUT2D eigenvalue weighted by Gasteiger charge is 2.46. The van der Waals surface area contributed by atoms with Gasteiger partial charge in [0.1, 0.15) is 4.75 Å². The maximum atomic E-state index is 12.6. The molecule has 1 N–H and O–H groups in total. The van der Waals surface area contributed by atoms with Crippen LogP contribution in [0.1, 0.15) is 44.7 Å². The zero-order chi connectivity index (χ0) is 16.5. The smallest absolute Gasteiger partial charge is 0.307 e. The first-order valence-corrected chi connectivity index (χ1v) is 9.18. The van der Waals surface area contributed by atoms with Gasteiger partial charge in [0.2, 0.25) is 0 Å². The number of aryl methyl sites for hydroxylation is 1. The van der Waals surface area contributed by atoms with E-state index in [1.807, 2.05) is 32.9 Å². The first kappa shape index (κ1) is 17.8. The average Bonchev–Trinajstić information content (AvgIpc) is 2.75. The zero-order valence-electron chi connectivity index (χ0n) is 13.4. The monoisotopic (exact) mass is 387 g/mol. The molecule has 6 heteroatoms. The molecule has 1 aliphatic carbocycles. The van der Waals surface area contributed by atoms with E-state index in [4.69, 9.17) is 4.74 Å². The normalized spacial score (nSPS) is 22.3. The fourth-order valence-electron chi connectivity index (χ4n) is 2.69. The van der Waals surface area contributed by atoms with Crippen molar-refractivity contribution in [1.29, 1.82) is 0 Å². The Morgan fingerprint density at radius 2 is 2.18 bits per heavy atom. The summed E-state index contributed by atoms with van der Waals surface area (Å²) in [6.07, 6.45) is 1.76. The molecule has 0 radical (unpaired) electrons. The van der Waals surface area contributed by atoms with Gasteiger partial charge in [-0.1, -0.05) is 22.0 Å². The number of carbonyl (C=O) groups is 1. The second-order valence-corrected chi connectivity index (χ2v) is 9.50. The quantitative estimate of drug-likeness (QED) is 0.636. The lowest BCUT2D eigenvalue weighted by Gasteiger charge is -2.34. The minimum atomic E-state index is -1.27. The Bertz CT molecular complexity index is 573. The molecule has 2 rings (SSSR count). The molecule has 1 aliphatic rings. The molecule has 0 fully saturated rings. The summed E-state index contributed by atoms with van der Waals surface area (Å²) in [5, 5.41) is 0. The summed E-state index contributed by atoms with van der Waals surface area (Å²) >= 11 is 2.21. The fourth-order valence-corrected chi connectivity index (χ4v) is 4.05. The van der Waals surface area contributed by atoms with E-state index in [9.17, 15) is 9.35 Å². The van der Waals surface area contributed by atoms with E-state index >= 15 is 0 Å². The number of carbonyl (C=O) groups excluding carboxylic acids is 1. The van der Waals surface area contributed by atoms with Gasteiger partial charge in [-0.05, 0) is 56.9 Å². The molecular formula is C16H22BrNO3S. The molecule has 122 valence electrons. The van der Waals surface area contributed by atoms with Gasteiger partial charge in [0, 0.05) is 15.8 Å². The Morgan fingerprint density at radius 1 is 1.50 bits per heavy atom. The maximum absolute atomic E-state index is 12.6. The second kappa shape index (κ2) is 6.51. The minimum absolute atomic E-state index is 0.181. The molecule has 0 bridgehead atoms. The zero-order valence-corrected chi connectivity index (χ0v) is 15.8. The van der Waals surface area contributed by atoms with Crippen LogP contribution >= 0.6 is 15.9 Å². The molecule has 0 heterocycles. The van der Waals surface area contributed by atoms with Gasteiger partial charge in [0.05, 0.1) is 19.1 Å². The first-order valence-electron chi connectivity index (χ1n) is 7.23. The number of esters is 1. The molecular weight excluding hydrogens is 366 g/mol. The number of methoxy groups -OCH3 is 1. The second-order valence-electron chi connectivity index (χ2n) is 6.62. The van der Waals surface area contributed by atoms with Crippen LogP contribution in [0.3, 0.4) is 0 Å². The van der Waals surface area contributed by atoms with Crippen molar-refractivity contribution < 1.29 is 14.1 Å². The van der Waals surface area contributed by atoms with Crippen LogP contribution in [0.25, 0.3) is 0 Å². The van der Waals surface area contributed by atoms with Gasteiger partial charge < -0.3 is 9.29 Å². The SMILES string of the molecule is COC(=O)C[C@@]1(N[S+]([O-])C(C)(C)C)CCc2cc(Br)ccc21. The average molecular weight is 388 g/mol. The Kier molecular flexibility index (Phi) is 5.27. The van der Waals surface area contributed by atoms with Crippen LogP contribution in [0.15, 0.2) is 22.7 Å². The standard InChI is InChI=1S/C16H22BrNO3S/c1-15(2,3)22(20)18-16(10-14(19)21-4)8-7-11-9-12(17)5-6-13(11)16/h5-6,9,18H,7-8,10H2,1-4H3/t16-,22?/m0/s1. The van der Waals surface area contributed by atoms with E-state index < -0.39 is 21.6 Å². The van der Waals surface area contributed by atoms with Crippen LogP contribution < -0.4 is 4.72 Å².